The minimum atomic E-state index is -0.335. The van der Waals surface area contributed by atoms with E-state index < -0.39 is 0 Å². The predicted octanol–water partition coefficient (Wildman–Crippen LogP) is 1.55. The molecule has 88 valence electrons. The van der Waals surface area contributed by atoms with E-state index in [1.54, 1.807) is 0 Å². The Balaban J connectivity index is 2.28. The van der Waals surface area contributed by atoms with Gasteiger partial charge in [0, 0.05) is 6.04 Å². The maximum Gasteiger partial charge on any atom is 0.167 e. The molecule has 0 bridgehead atoms. The van der Waals surface area contributed by atoms with Crippen molar-refractivity contribution in [2.45, 2.75) is 57.5 Å². The summed E-state index contributed by atoms with van der Waals surface area (Å²) in [6.07, 6.45) is 6.36. The van der Waals surface area contributed by atoms with Crippen LogP contribution < -0.4 is 10.6 Å². The maximum absolute atomic E-state index is 9.10. The van der Waals surface area contributed by atoms with Gasteiger partial charge in [-0.2, -0.15) is 0 Å². The van der Waals surface area contributed by atoms with Crippen LogP contribution in [0.2, 0.25) is 0 Å². The lowest BCUT2D eigenvalue weighted by Crippen LogP contribution is -2.52. The monoisotopic (exact) mass is 230 g/mol. The van der Waals surface area contributed by atoms with Crippen LogP contribution >= 0.6 is 12.2 Å². The van der Waals surface area contributed by atoms with E-state index in [2.05, 4.69) is 10.6 Å². The van der Waals surface area contributed by atoms with Gasteiger partial charge in [-0.15, -0.1) is 0 Å². The molecular weight excluding hydrogens is 208 g/mol. The number of hydrogen-bond acceptors (Lipinski definition) is 2. The first-order valence-electron chi connectivity index (χ1n) is 5.73. The average Bonchev–Trinajstić information content (AvgIpc) is 2.18. The first-order chi connectivity index (χ1) is 7.03. The fraction of sp³-hybridized carbons (Fsp3) is 0.909. The van der Waals surface area contributed by atoms with Crippen LogP contribution in [0.1, 0.15) is 46.0 Å². The minimum Gasteiger partial charge on any atom is -0.394 e. The molecule has 15 heavy (non-hydrogen) atoms. The van der Waals surface area contributed by atoms with Crippen LogP contribution in [-0.2, 0) is 0 Å². The second kappa shape index (κ2) is 5.66. The Labute approximate surface area is 97.6 Å². The van der Waals surface area contributed by atoms with Crippen LogP contribution in [0.3, 0.4) is 0 Å². The highest BCUT2D eigenvalue weighted by Crippen LogP contribution is 2.17. The second-order valence-electron chi connectivity index (χ2n) is 4.98. The molecule has 0 atom stereocenters. The fourth-order valence-electron chi connectivity index (χ4n) is 1.82. The van der Waals surface area contributed by atoms with Gasteiger partial charge in [0.15, 0.2) is 5.11 Å². The van der Waals surface area contributed by atoms with Crippen molar-refractivity contribution in [2.75, 3.05) is 6.61 Å². The van der Waals surface area contributed by atoms with Gasteiger partial charge in [-0.05, 0) is 38.9 Å². The summed E-state index contributed by atoms with van der Waals surface area (Å²) in [7, 11) is 0. The molecular formula is C11H22N2OS. The number of rotatable bonds is 3. The summed E-state index contributed by atoms with van der Waals surface area (Å²) < 4.78 is 0. The van der Waals surface area contributed by atoms with Gasteiger partial charge in [0.1, 0.15) is 0 Å². The highest BCUT2D eigenvalue weighted by atomic mass is 32.1. The molecule has 3 N–H and O–H groups in total. The molecule has 0 amide bonds. The summed E-state index contributed by atoms with van der Waals surface area (Å²) in [6, 6.07) is 0.522. The molecule has 3 nitrogen and oxygen atoms in total. The second-order valence-corrected chi connectivity index (χ2v) is 5.38. The smallest absolute Gasteiger partial charge is 0.167 e. The summed E-state index contributed by atoms with van der Waals surface area (Å²) in [4.78, 5) is 0. The number of nitrogens with one attached hydrogen (secondary N) is 2. The predicted molar refractivity (Wildman–Crippen MR) is 66.9 cm³/mol. The number of aliphatic hydroxyl groups is 1. The standard InChI is InChI=1S/C11H22N2OS/c1-11(2,8-14)13-10(15)12-9-6-4-3-5-7-9/h9,14H,3-8H2,1-2H3,(H2,12,13,15). The molecule has 0 heterocycles. The van der Waals surface area contributed by atoms with Crippen molar-refractivity contribution in [2.24, 2.45) is 0 Å². The van der Waals surface area contributed by atoms with E-state index in [-0.39, 0.29) is 12.1 Å². The molecule has 1 aliphatic carbocycles. The largest absolute Gasteiger partial charge is 0.394 e. The van der Waals surface area contributed by atoms with Crippen molar-refractivity contribution >= 4 is 17.3 Å². The SMILES string of the molecule is CC(C)(CO)NC(=S)NC1CCCCC1. The molecule has 0 aromatic heterocycles. The summed E-state index contributed by atoms with van der Waals surface area (Å²) in [5, 5.41) is 16.2. The molecule has 1 fully saturated rings. The summed E-state index contributed by atoms with van der Waals surface area (Å²) in [5.41, 5.74) is -0.335. The van der Waals surface area contributed by atoms with E-state index in [9.17, 15) is 0 Å². The van der Waals surface area contributed by atoms with Crippen molar-refractivity contribution in [3.05, 3.63) is 0 Å². The Morgan fingerprint density at radius 3 is 2.47 bits per heavy atom. The average molecular weight is 230 g/mol. The molecule has 0 aliphatic heterocycles. The van der Waals surface area contributed by atoms with Gasteiger partial charge < -0.3 is 15.7 Å². The Bertz CT molecular complexity index is 213. The van der Waals surface area contributed by atoms with E-state index in [4.69, 9.17) is 17.3 Å². The number of thiocarbonyl (C=S) groups is 1. The van der Waals surface area contributed by atoms with Gasteiger partial charge in [-0.1, -0.05) is 19.3 Å². The van der Waals surface area contributed by atoms with Crippen molar-refractivity contribution in [1.82, 2.24) is 10.6 Å². The summed E-state index contributed by atoms with van der Waals surface area (Å²) in [6.45, 7) is 3.95. The lowest BCUT2D eigenvalue weighted by atomic mass is 9.96. The molecule has 1 saturated carbocycles. The van der Waals surface area contributed by atoms with Gasteiger partial charge in [0.05, 0.1) is 12.1 Å². The first kappa shape index (κ1) is 12.7. The van der Waals surface area contributed by atoms with Crippen molar-refractivity contribution in [3.63, 3.8) is 0 Å². The molecule has 0 saturated heterocycles. The lowest BCUT2D eigenvalue weighted by Gasteiger charge is -2.29. The number of aliphatic hydroxyl groups excluding tert-OH is 1. The first-order valence-corrected chi connectivity index (χ1v) is 6.14. The molecule has 0 aromatic rings. The van der Waals surface area contributed by atoms with Gasteiger partial charge in [0.25, 0.3) is 0 Å². The summed E-state index contributed by atoms with van der Waals surface area (Å²) in [5.74, 6) is 0. The topological polar surface area (TPSA) is 44.3 Å². The van der Waals surface area contributed by atoms with Crippen LogP contribution in [-0.4, -0.2) is 28.4 Å². The van der Waals surface area contributed by atoms with Gasteiger partial charge in [-0.25, -0.2) is 0 Å². The Kier molecular flexibility index (Phi) is 4.80. The van der Waals surface area contributed by atoms with E-state index >= 15 is 0 Å². The van der Waals surface area contributed by atoms with Crippen LogP contribution in [0.15, 0.2) is 0 Å². The van der Waals surface area contributed by atoms with Crippen LogP contribution in [0.25, 0.3) is 0 Å². The fourth-order valence-corrected chi connectivity index (χ4v) is 2.26. The number of hydrogen-bond donors (Lipinski definition) is 3. The van der Waals surface area contributed by atoms with Crippen LogP contribution in [0, 0.1) is 0 Å². The van der Waals surface area contributed by atoms with Crippen molar-refractivity contribution < 1.29 is 5.11 Å². The zero-order valence-corrected chi connectivity index (χ0v) is 10.5. The third-order valence-corrected chi connectivity index (χ3v) is 3.01. The lowest BCUT2D eigenvalue weighted by molar-refractivity contribution is 0.205. The normalized spacial score (nSPS) is 18.6. The van der Waals surface area contributed by atoms with Gasteiger partial charge in [0.2, 0.25) is 0 Å². The van der Waals surface area contributed by atoms with Crippen molar-refractivity contribution in [3.8, 4) is 0 Å². The molecule has 0 radical (unpaired) electrons. The van der Waals surface area contributed by atoms with E-state index in [0.717, 1.165) is 0 Å². The quantitative estimate of drug-likeness (QED) is 0.644. The zero-order chi connectivity index (χ0) is 11.3. The molecule has 0 aromatic carbocycles. The van der Waals surface area contributed by atoms with Crippen molar-refractivity contribution in [1.29, 1.82) is 0 Å². The Hall–Kier alpha value is -0.350. The molecule has 1 aliphatic rings. The highest BCUT2D eigenvalue weighted by Gasteiger charge is 2.19. The van der Waals surface area contributed by atoms with E-state index in [0.29, 0.717) is 11.2 Å². The van der Waals surface area contributed by atoms with Gasteiger partial charge >= 0.3 is 0 Å². The zero-order valence-electron chi connectivity index (χ0n) is 9.68. The van der Waals surface area contributed by atoms with Crippen LogP contribution in [0.4, 0.5) is 0 Å². The van der Waals surface area contributed by atoms with Crippen LogP contribution in [0.5, 0.6) is 0 Å². The minimum absolute atomic E-state index is 0.0828. The molecule has 4 heteroatoms. The maximum atomic E-state index is 9.10. The summed E-state index contributed by atoms with van der Waals surface area (Å²) >= 11 is 5.22. The third-order valence-electron chi connectivity index (χ3n) is 2.79. The van der Waals surface area contributed by atoms with Gasteiger partial charge in [-0.3, -0.25) is 0 Å². The molecule has 0 spiro atoms. The highest BCUT2D eigenvalue weighted by molar-refractivity contribution is 7.80. The van der Waals surface area contributed by atoms with E-state index in [1.165, 1.54) is 32.1 Å². The van der Waals surface area contributed by atoms with E-state index in [1.807, 2.05) is 13.8 Å². The Morgan fingerprint density at radius 1 is 1.33 bits per heavy atom. The molecule has 1 rings (SSSR count). The molecule has 0 unspecified atom stereocenters. The Morgan fingerprint density at radius 2 is 1.93 bits per heavy atom. The third kappa shape index (κ3) is 4.80.